The zero-order valence-corrected chi connectivity index (χ0v) is 11.5. The standard InChI is InChI=1S/C14H16BrNO/c1-8-4-2-7-11(13(8)15)16-14(17)12-9-5-3-6-10(9)12/h2,4,7,9-10,12H,3,5-6H2,1H3,(H,16,17). The SMILES string of the molecule is Cc1cccc(NC(=O)C2C3CCCC32)c1Br. The van der Waals surface area contributed by atoms with E-state index in [0.717, 1.165) is 15.7 Å². The van der Waals surface area contributed by atoms with Gasteiger partial charge in [-0.15, -0.1) is 0 Å². The largest absolute Gasteiger partial charge is 0.325 e. The van der Waals surface area contributed by atoms with E-state index in [-0.39, 0.29) is 11.8 Å². The molecule has 0 aliphatic heterocycles. The molecule has 0 heterocycles. The van der Waals surface area contributed by atoms with Crippen molar-refractivity contribution in [2.45, 2.75) is 26.2 Å². The van der Waals surface area contributed by atoms with E-state index in [1.54, 1.807) is 0 Å². The lowest BCUT2D eigenvalue weighted by molar-refractivity contribution is -0.118. The summed E-state index contributed by atoms with van der Waals surface area (Å²) in [5, 5.41) is 3.06. The molecular formula is C14H16BrNO. The number of nitrogens with one attached hydrogen (secondary N) is 1. The van der Waals surface area contributed by atoms with Gasteiger partial charge in [0.05, 0.1) is 5.69 Å². The van der Waals surface area contributed by atoms with Gasteiger partial charge < -0.3 is 5.32 Å². The van der Waals surface area contributed by atoms with Crippen LogP contribution in [0, 0.1) is 24.7 Å². The fourth-order valence-corrected chi connectivity index (χ4v) is 3.53. The van der Waals surface area contributed by atoms with Crippen molar-refractivity contribution in [1.82, 2.24) is 0 Å². The third kappa shape index (κ3) is 1.90. The number of carbonyl (C=O) groups is 1. The van der Waals surface area contributed by atoms with Gasteiger partial charge in [-0.1, -0.05) is 18.6 Å². The minimum atomic E-state index is 0.214. The lowest BCUT2D eigenvalue weighted by atomic mass is 10.1. The van der Waals surface area contributed by atoms with Crippen LogP contribution in [0.3, 0.4) is 0 Å². The Morgan fingerprint density at radius 1 is 1.35 bits per heavy atom. The molecule has 17 heavy (non-hydrogen) atoms. The molecule has 1 aromatic rings. The Hall–Kier alpha value is -0.830. The number of amides is 1. The van der Waals surface area contributed by atoms with Gasteiger partial charge in [-0.3, -0.25) is 4.79 Å². The van der Waals surface area contributed by atoms with Gasteiger partial charge in [-0.2, -0.15) is 0 Å². The van der Waals surface area contributed by atoms with Crippen molar-refractivity contribution >= 4 is 27.5 Å². The number of rotatable bonds is 2. The Bertz CT molecular complexity index is 461. The molecule has 0 saturated heterocycles. The molecule has 1 N–H and O–H groups in total. The zero-order chi connectivity index (χ0) is 12.0. The number of anilines is 1. The monoisotopic (exact) mass is 293 g/mol. The summed E-state index contributed by atoms with van der Waals surface area (Å²) in [5.41, 5.74) is 2.05. The summed E-state index contributed by atoms with van der Waals surface area (Å²) in [6, 6.07) is 5.96. The smallest absolute Gasteiger partial charge is 0.228 e. The quantitative estimate of drug-likeness (QED) is 0.884. The highest BCUT2D eigenvalue weighted by Gasteiger charge is 2.56. The molecule has 0 aromatic heterocycles. The maximum atomic E-state index is 12.1. The highest BCUT2D eigenvalue weighted by molar-refractivity contribution is 9.10. The minimum absolute atomic E-state index is 0.214. The number of carbonyl (C=O) groups excluding carboxylic acids is 1. The second kappa shape index (κ2) is 4.13. The summed E-state index contributed by atoms with van der Waals surface area (Å²) in [5.74, 6) is 1.86. The van der Waals surface area contributed by atoms with E-state index in [4.69, 9.17) is 0 Å². The van der Waals surface area contributed by atoms with Crippen molar-refractivity contribution < 1.29 is 4.79 Å². The van der Waals surface area contributed by atoms with E-state index in [1.807, 2.05) is 25.1 Å². The Labute approximate surface area is 110 Å². The molecule has 0 spiro atoms. The van der Waals surface area contributed by atoms with Gasteiger partial charge in [0.1, 0.15) is 0 Å². The molecular weight excluding hydrogens is 278 g/mol. The Morgan fingerprint density at radius 3 is 2.76 bits per heavy atom. The van der Waals surface area contributed by atoms with Crippen LogP contribution in [0.5, 0.6) is 0 Å². The Balaban J connectivity index is 1.71. The zero-order valence-electron chi connectivity index (χ0n) is 9.87. The molecule has 90 valence electrons. The van der Waals surface area contributed by atoms with Crippen LogP contribution >= 0.6 is 15.9 Å². The van der Waals surface area contributed by atoms with Gasteiger partial charge in [-0.25, -0.2) is 0 Å². The van der Waals surface area contributed by atoms with Gasteiger partial charge in [0, 0.05) is 10.4 Å². The average molecular weight is 294 g/mol. The average Bonchev–Trinajstić information content (AvgIpc) is 2.79. The lowest BCUT2D eigenvalue weighted by Crippen LogP contribution is -2.17. The molecule has 3 heteroatoms. The highest BCUT2D eigenvalue weighted by atomic mass is 79.9. The summed E-state index contributed by atoms with van der Waals surface area (Å²) in [4.78, 5) is 12.1. The first-order valence-electron chi connectivity index (χ1n) is 6.24. The van der Waals surface area contributed by atoms with Crippen LogP contribution in [0.2, 0.25) is 0 Å². The van der Waals surface area contributed by atoms with Gasteiger partial charge in [-0.05, 0) is 59.2 Å². The van der Waals surface area contributed by atoms with Crippen LogP contribution in [-0.2, 0) is 4.79 Å². The molecule has 2 unspecified atom stereocenters. The third-order valence-corrected chi connectivity index (χ3v) is 5.21. The van der Waals surface area contributed by atoms with E-state index in [1.165, 1.54) is 19.3 Å². The van der Waals surface area contributed by atoms with Crippen LogP contribution in [0.25, 0.3) is 0 Å². The van der Waals surface area contributed by atoms with Crippen LogP contribution in [0.1, 0.15) is 24.8 Å². The molecule has 1 amide bonds. The van der Waals surface area contributed by atoms with E-state index in [9.17, 15) is 4.79 Å². The number of hydrogen-bond acceptors (Lipinski definition) is 1. The van der Waals surface area contributed by atoms with Crippen molar-refractivity contribution in [1.29, 1.82) is 0 Å². The van der Waals surface area contributed by atoms with Gasteiger partial charge in [0.2, 0.25) is 5.91 Å². The second-order valence-electron chi connectivity index (χ2n) is 5.21. The van der Waals surface area contributed by atoms with Gasteiger partial charge >= 0.3 is 0 Å². The first-order valence-corrected chi connectivity index (χ1v) is 7.04. The Kier molecular flexibility index (Phi) is 2.74. The molecule has 2 atom stereocenters. The fraction of sp³-hybridized carbons (Fsp3) is 0.500. The summed E-state index contributed by atoms with van der Waals surface area (Å²) in [6.45, 7) is 2.03. The summed E-state index contributed by atoms with van der Waals surface area (Å²) in [6.07, 6.45) is 3.81. The number of hydrogen-bond donors (Lipinski definition) is 1. The second-order valence-corrected chi connectivity index (χ2v) is 6.00. The van der Waals surface area contributed by atoms with Crippen LogP contribution in [0.4, 0.5) is 5.69 Å². The normalized spacial score (nSPS) is 29.9. The fourth-order valence-electron chi connectivity index (χ4n) is 3.17. The van der Waals surface area contributed by atoms with Crippen molar-refractivity contribution in [3.05, 3.63) is 28.2 Å². The van der Waals surface area contributed by atoms with E-state index in [0.29, 0.717) is 11.8 Å². The summed E-state index contributed by atoms with van der Waals surface area (Å²) in [7, 11) is 0. The molecule has 2 saturated carbocycles. The minimum Gasteiger partial charge on any atom is -0.325 e. The van der Waals surface area contributed by atoms with Crippen LogP contribution < -0.4 is 5.32 Å². The summed E-state index contributed by atoms with van der Waals surface area (Å²) < 4.78 is 0.999. The third-order valence-electron chi connectivity index (χ3n) is 4.16. The van der Waals surface area contributed by atoms with E-state index in [2.05, 4.69) is 21.2 Å². The maximum Gasteiger partial charge on any atom is 0.228 e. The molecule has 0 bridgehead atoms. The number of benzene rings is 1. The number of fused-ring (bicyclic) bond motifs is 1. The van der Waals surface area contributed by atoms with Crippen molar-refractivity contribution in [3.63, 3.8) is 0 Å². The van der Waals surface area contributed by atoms with E-state index < -0.39 is 0 Å². The topological polar surface area (TPSA) is 29.1 Å². The predicted octanol–water partition coefficient (Wildman–Crippen LogP) is 3.74. The van der Waals surface area contributed by atoms with Crippen molar-refractivity contribution in [3.8, 4) is 0 Å². The molecule has 2 nitrogen and oxygen atoms in total. The van der Waals surface area contributed by atoms with Crippen molar-refractivity contribution in [2.24, 2.45) is 17.8 Å². The van der Waals surface area contributed by atoms with Crippen molar-refractivity contribution in [2.75, 3.05) is 5.32 Å². The lowest BCUT2D eigenvalue weighted by Gasteiger charge is -2.10. The predicted molar refractivity (Wildman–Crippen MR) is 71.8 cm³/mol. The molecule has 0 radical (unpaired) electrons. The summed E-state index contributed by atoms with van der Waals surface area (Å²) >= 11 is 3.52. The van der Waals surface area contributed by atoms with Crippen LogP contribution in [0.15, 0.2) is 22.7 Å². The molecule has 3 rings (SSSR count). The highest BCUT2D eigenvalue weighted by Crippen LogP contribution is 2.57. The van der Waals surface area contributed by atoms with Crippen LogP contribution in [-0.4, -0.2) is 5.91 Å². The molecule has 1 aromatic carbocycles. The number of halogens is 1. The van der Waals surface area contributed by atoms with Gasteiger partial charge in [0.15, 0.2) is 0 Å². The number of aryl methyl sites for hydroxylation is 1. The van der Waals surface area contributed by atoms with E-state index >= 15 is 0 Å². The molecule has 2 fully saturated rings. The first kappa shape index (κ1) is 11.3. The molecule has 2 aliphatic carbocycles. The molecule has 2 aliphatic rings. The first-order chi connectivity index (χ1) is 8.18. The van der Waals surface area contributed by atoms with Gasteiger partial charge in [0.25, 0.3) is 0 Å². The Morgan fingerprint density at radius 2 is 2.06 bits per heavy atom. The maximum absolute atomic E-state index is 12.1.